The molecule has 0 saturated heterocycles. The van der Waals surface area contributed by atoms with Crippen molar-refractivity contribution in [3.05, 3.63) is 47.5 Å². The van der Waals surface area contributed by atoms with Crippen LogP contribution in [-0.4, -0.2) is 46.4 Å². The molecule has 0 radical (unpaired) electrons. The summed E-state index contributed by atoms with van der Waals surface area (Å²) in [6.45, 7) is 4.93. The third-order valence-electron chi connectivity index (χ3n) is 3.63. The number of amides is 2. The smallest absolute Gasteiger partial charge is 0.408 e. The van der Waals surface area contributed by atoms with Crippen LogP contribution in [0.2, 0.25) is 0 Å². The number of benzene rings is 1. The molecule has 0 spiro atoms. The van der Waals surface area contributed by atoms with Gasteiger partial charge >= 0.3 is 12.1 Å². The van der Waals surface area contributed by atoms with Crippen LogP contribution in [0, 0.1) is 0 Å². The average molecular weight is 378 g/mol. The van der Waals surface area contributed by atoms with E-state index in [4.69, 9.17) is 4.74 Å². The number of hydrogen-bond acceptors (Lipinski definition) is 5. The lowest BCUT2D eigenvalue weighted by Gasteiger charge is -2.22. The third-order valence-corrected chi connectivity index (χ3v) is 3.63. The molecule has 2 amide bonds. The molecule has 0 fully saturated rings. The molecule has 148 valence electrons. The number of carbonyl (C=O) groups is 3. The van der Waals surface area contributed by atoms with Crippen LogP contribution in [0.5, 0.6) is 0 Å². The van der Waals surface area contributed by atoms with Gasteiger partial charge in [0.1, 0.15) is 18.7 Å². The Hall–Kier alpha value is -2.87. The normalized spacial score (nSPS) is 13.6. The second kappa shape index (κ2) is 11.0. The Bertz CT molecular complexity index is 668. The first-order valence-electron chi connectivity index (χ1n) is 8.52. The predicted molar refractivity (Wildman–Crippen MR) is 98.8 cm³/mol. The fourth-order valence-electron chi connectivity index (χ4n) is 2.13. The monoisotopic (exact) mass is 378 g/mol. The van der Waals surface area contributed by atoms with E-state index in [1.165, 1.54) is 6.92 Å². The van der Waals surface area contributed by atoms with Gasteiger partial charge in [-0.3, -0.25) is 4.79 Å². The Kier molecular flexibility index (Phi) is 9.01. The van der Waals surface area contributed by atoms with Crippen LogP contribution in [-0.2, 0) is 20.9 Å². The largest absolute Gasteiger partial charge is 0.480 e. The van der Waals surface area contributed by atoms with E-state index in [0.29, 0.717) is 0 Å². The van der Waals surface area contributed by atoms with E-state index in [1.54, 1.807) is 30.3 Å². The first-order valence-corrected chi connectivity index (χ1v) is 8.52. The van der Waals surface area contributed by atoms with Crippen molar-refractivity contribution in [1.82, 2.24) is 10.6 Å². The summed E-state index contributed by atoms with van der Waals surface area (Å²) >= 11 is 0. The summed E-state index contributed by atoms with van der Waals surface area (Å²) in [6, 6.07) is 6.44. The zero-order chi connectivity index (χ0) is 20.4. The summed E-state index contributed by atoms with van der Waals surface area (Å²) in [7, 11) is 0. The van der Waals surface area contributed by atoms with Gasteiger partial charge in [0.2, 0.25) is 5.91 Å². The highest BCUT2D eigenvalue weighted by Gasteiger charge is 2.29. The molecule has 1 rings (SSSR count). The van der Waals surface area contributed by atoms with Crippen LogP contribution in [0.3, 0.4) is 0 Å². The standard InChI is InChI=1S/C19H26N2O6/c1-12(2)9-10-15(18(24)25)20-17(23)16(13(3)22)21-19(26)27-11-14-7-5-4-6-8-14/h4-9,13,15-16,22H,10-11H2,1-3H3,(H,20,23)(H,21,26)(H,24,25)/t13-,15-,16+/m1/s1. The van der Waals surface area contributed by atoms with Gasteiger partial charge in [-0.1, -0.05) is 42.0 Å². The van der Waals surface area contributed by atoms with Gasteiger partial charge in [-0.25, -0.2) is 9.59 Å². The number of aliphatic hydroxyl groups excluding tert-OH is 1. The van der Waals surface area contributed by atoms with Crippen molar-refractivity contribution in [3.63, 3.8) is 0 Å². The minimum absolute atomic E-state index is 0.000849. The summed E-state index contributed by atoms with van der Waals surface area (Å²) in [6.07, 6.45) is -0.366. The Labute approximate surface area is 158 Å². The van der Waals surface area contributed by atoms with Gasteiger partial charge in [0.15, 0.2) is 0 Å². The number of aliphatic hydroxyl groups is 1. The zero-order valence-corrected chi connectivity index (χ0v) is 15.6. The highest BCUT2D eigenvalue weighted by molar-refractivity contribution is 5.89. The minimum atomic E-state index is -1.35. The minimum Gasteiger partial charge on any atom is -0.480 e. The molecule has 0 aliphatic carbocycles. The summed E-state index contributed by atoms with van der Waals surface area (Å²) in [5, 5.41) is 23.6. The van der Waals surface area contributed by atoms with E-state index in [9.17, 15) is 24.6 Å². The maximum Gasteiger partial charge on any atom is 0.408 e. The highest BCUT2D eigenvalue weighted by Crippen LogP contribution is 2.04. The number of carboxylic acids is 1. The van der Waals surface area contributed by atoms with Crippen LogP contribution in [0.1, 0.15) is 32.8 Å². The molecule has 0 saturated carbocycles. The van der Waals surface area contributed by atoms with Gasteiger partial charge in [-0.2, -0.15) is 0 Å². The molecular weight excluding hydrogens is 352 g/mol. The summed E-state index contributed by atoms with van der Waals surface area (Å²) < 4.78 is 5.02. The van der Waals surface area contributed by atoms with Crippen molar-refractivity contribution < 1.29 is 29.3 Å². The van der Waals surface area contributed by atoms with Crippen molar-refractivity contribution in [2.45, 2.75) is 52.0 Å². The molecule has 0 unspecified atom stereocenters. The van der Waals surface area contributed by atoms with Crippen molar-refractivity contribution >= 4 is 18.0 Å². The van der Waals surface area contributed by atoms with E-state index in [0.717, 1.165) is 11.1 Å². The first-order chi connectivity index (χ1) is 12.7. The Morgan fingerprint density at radius 1 is 1.15 bits per heavy atom. The summed E-state index contributed by atoms with van der Waals surface area (Å²) in [5.41, 5.74) is 1.67. The average Bonchev–Trinajstić information content (AvgIpc) is 2.61. The number of carboxylic acid groups (broad SMARTS) is 1. The van der Waals surface area contributed by atoms with Crippen LogP contribution in [0.25, 0.3) is 0 Å². The number of nitrogens with one attached hydrogen (secondary N) is 2. The van der Waals surface area contributed by atoms with Crippen molar-refractivity contribution in [2.24, 2.45) is 0 Å². The van der Waals surface area contributed by atoms with Gasteiger partial charge in [-0.15, -0.1) is 0 Å². The first kappa shape index (κ1) is 22.2. The fourth-order valence-corrected chi connectivity index (χ4v) is 2.13. The maximum atomic E-state index is 12.3. The molecule has 3 atom stereocenters. The predicted octanol–water partition coefficient (Wildman–Crippen LogP) is 1.59. The molecule has 27 heavy (non-hydrogen) atoms. The zero-order valence-electron chi connectivity index (χ0n) is 15.6. The molecule has 0 aromatic heterocycles. The number of hydrogen-bond donors (Lipinski definition) is 4. The van der Waals surface area contributed by atoms with Gasteiger partial charge < -0.3 is 25.6 Å². The number of carbonyl (C=O) groups excluding carboxylic acids is 2. The number of alkyl carbamates (subject to hydrolysis) is 1. The number of ether oxygens (including phenoxy) is 1. The van der Waals surface area contributed by atoms with E-state index < -0.39 is 36.2 Å². The lowest BCUT2D eigenvalue weighted by atomic mass is 10.1. The summed E-state index contributed by atoms with van der Waals surface area (Å²) in [5.74, 6) is -2.02. The third kappa shape index (κ3) is 8.37. The molecule has 0 aliphatic heterocycles. The quantitative estimate of drug-likeness (QED) is 0.484. The lowest BCUT2D eigenvalue weighted by Crippen LogP contribution is -2.55. The molecule has 0 heterocycles. The van der Waals surface area contributed by atoms with Crippen LogP contribution < -0.4 is 10.6 Å². The van der Waals surface area contributed by atoms with Gasteiger partial charge in [0.25, 0.3) is 0 Å². The van der Waals surface area contributed by atoms with Crippen molar-refractivity contribution in [2.75, 3.05) is 0 Å². The van der Waals surface area contributed by atoms with E-state index in [2.05, 4.69) is 10.6 Å². The van der Waals surface area contributed by atoms with Crippen molar-refractivity contribution in [3.8, 4) is 0 Å². The number of aliphatic carboxylic acids is 1. The van der Waals surface area contributed by atoms with Gasteiger partial charge in [-0.05, 0) is 32.8 Å². The van der Waals surface area contributed by atoms with E-state index >= 15 is 0 Å². The Morgan fingerprint density at radius 3 is 2.30 bits per heavy atom. The second-order valence-electron chi connectivity index (χ2n) is 6.34. The van der Waals surface area contributed by atoms with Gasteiger partial charge in [0.05, 0.1) is 6.10 Å². The lowest BCUT2D eigenvalue weighted by molar-refractivity contribution is -0.142. The molecular formula is C19H26N2O6. The summed E-state index contributed by atoms with van der Waals surface area (Å²) in [4.78, 5) is 35.6. The van der Waals surface area contributed by atoms with E-state index in [1.807, 2.05) is 19.9 Å². The number of rotatable bonds is 9. The second-order valence-corrected chi connectivity index (χ2v) is 6.34. The maximum absolute atomic E-state index is 12.3. The molecule has 8 heteroatoms. The SMILES string of the molecule is CC(C)=CC[C@@H](NC(=O)[C@@H](NC(=O)OCc1ccccc1)[C@@H](C)O)C(=O)O. The van der Waals surface area contributed by atoms with Crippen LogP contribution >= 0.6 is 0 Å². The molecule has 4 N–H and O–H groups in total. The van der Waals surface area contributed by atoms with Crippen LogP contribution in [0.15, 0.2) is 42.0 Å². The molecule has 0 aliphatic rings. The van der Waals surface area contributed by atoms with Crippen molar-refractivity contribution in [1.29, 1.82) is 0 Å². The fraction of sp³-hybridized carbons (Fsp3) is 0.421. The van der Waals surface area contributed by atoms with E-state index in [-0.39, 0.29) is 13.0 Å². The van der Waals surface area contributed by atoms with Crippen LogP contribution in [0.4, 0.5) is 4.79 Å². The molecule has 1 aromatic carbocycles. The molecule has 1 aromatic rings. The van der Waals surface area contributed by atoms with Gasteiger partial charge in [0, 0.05) is 0 Å². The Balaban J connectivity index is 2.67. The molecule has 0 bridgehead atoms. The topological polar surface area (TPSA) is 125 Å². The highest BCUT2D eigenvalue weighted by atomic mass is 16.5. The molecule has 8 nitrogen and oxygen atoms in total. The number of allylic oxidation sites excluding steroid dienone is 1. The Morgan fingerprint density at radius 2 is 1.78 bits per heavy atom.